The molecule has 4 heteroatoms. The highest BCUT2D eigenvalue weighted by Gasteiger charge is 2.10. The van der Waals surface area contributed by atoms with Crippen molar-refractivity contribution < 1.29 is 4.79 Å². The number of nitrogens with two attached hydrogens (primary N) is 1. The Hall–Kier alpha value is -2.20. The highest BCUT2D eigenvalue weighted by molar-refractivity contribution is 5.90. The largest absolute Gasteiger partial charge is 0.324 e. The second-order valence-corrected chi connectivity index (χ2v) is 4.77. The molecule has 0 spiro atoms. The molecule has 1 unspecified atom stereocenters. The number of amides is 1. The molecule has 0 saturated heterocycles. The van der Waals surface area contributed by atoms with Crippen molar-refractivity contribution >= 4 is 11.7 Å². The number of nitrogens with one attached hydrogen (secondary N) is 1. The molecule has 0 aliphatic heterocycles. The summed E-state index contributed by atoms with van der Waals surface area (Å²) in [5.41, 5.74) is 8.07. The Labute approximate surface area is 119 Å². The molecule has 2 rings (SSSR count). The van der Waals surface area contributed by atoms with Crippen molar-refractivity contribution in [3.8, 4) is 0 Å². The number of pyridine rings is 1. The second-order valence-electron chi connectivity index (χ2n) is 4.77. The monoisotopic (exact) mass is 269 g/mol. The predicted molar refractivity (Wildman–Crippen MR) is 80.2 cm³/mol. The molecule has 1 heterocycles. The fraction of sp³-hybridized carbons (Fsp3) is 0.250. The summed E-state index contributed by atoms with van der Waals surface area (Å²) in [5.74, 6) is 0.559. The van der Waals surface area contributed by atoms with E-state index in [0.717, 1.165) is 11.1 Å². The van der Waals surface area contributed by atoms with E-state index in [2.05, 4.69) is 10.3 Å². The molecule has 1 atom stereocenters. The lowest BCUT2D eigenvalue weighted by atomic mass is 10.0. The van der Waals surface area contributed by atoms with Gasteiger partial charge in [-0.3, -0.25) is 4.79 Å². The third kappa shape index (κ3) is 3.90. The molecule has 4 nitrogen and oxygen atoms in total. The van der Waals surface area contributed by atoms with Crippen LogP contribution < -0.4 is 11.1 Å². The number of hydrogen-bond acceptors (Lipinski definition) is 3. The minimum absolute atomic E-state index is 0.0572. The number of carbonyl (C=O) groups is 1. The van der Waals surface area contributed by atoms with E-state index in [4.69, 9.17) is 5.73 Å². The number of benzene rings is 1. The van der Waals surface area contributed by atoms with Crippen molar-refractivity contribution in [2.24, 2.45) is 5.73 Å². The highest BCUT2D eigenvalue weighted by Crippen LogP contribution is 2.16. The maximum atomic E-state index is 11.9. The standard InChI is InChI=1S/C16H19N3O/c1-12-6-5-11-18-16(12)19-15(20)10-9-14(17)13-7-3-2-4-8-13/h2-8,11,14H,9-10,17H2,1H3,(H,18,19,20). The summed E-state index contributed by atoms with van der Waals surface area (Å²) in [7, 11) is 0. The fourth-order valence-electron chi connectivity index (χ4n) is 1.96. The fourth-order valence-corrected chi connectivity index (χ4v) is 1.96. The van der Waals surface area contributed by atoms with Crippen molar-refractivity contribution in [2.45, 2.75) is 25.8 Å². The normalized spacial score (nSPS) is 11.9. The van der Waals surface area contributed by atoms with Gasteiger partial charge in [-0.15, -0.1) is 0 Å². The molecule has 20 heavy (non-hydrogen) atoms. The van der Waals surface area contributed by atoms with Gasteiger partial charge in [0.05, 0.1) is 0 Å². The van der Waals surface area contributed by atoms with Crippen LogP contribution >= 0.6 is 0 Å². The summed E-state index contributed by atoms with van der Waals surface area (Å²) in [6, 6.07) is 13.4. The highest BCUT2D eigenvalue weighted by atomic mass is 16.1. The van der Waals surface area contributed by atoms with E-state index >= 15 is 0 Å². The van der Waals surface area contributed by atoms with Gasteiger partial charge in [-0.2, -0.15) is 0 Å². The smallest absolute Gasteiger partial charge is 0.225 e. The Kier molecular flexibility index (Phi) is 4.85. The molecule has 0 bridgehead atoms. The van der Waals surface area contributed by atoms with Gasteiger partial charge in [-0.05, 0) is 30.5 Å². The zero-order valence-electron chi connectivity index (χ0n) is 11.5. The van der Waals surface area contributed by atoms with E-state index in [1.54, 1.807) is 6.20 Å². The lowest BCUT2D eigenvalue weighted by Crippen LogP contribution is -2.17. The average molecular weight is 269 g/mol. The van der Waals surface area contributed by atoms with Gasteiger partial charge in [0.15, 0.2) is 0 Å². The quantitative estimate of drug-likeness (QED) is 0.877. The minimum atomic E-state index is -0.119. The molecule has 0 saturated carbocycles. The van der Waals surface area contributed by atoms with Gasteiger partial charge in [0.25, 0.3) is 0 Å². The Balaban J connectivity index is 1.85. The number of carbonyl (C=O) groups excluding carboxylic acids is 1. The molecule has 104 valence electrons. The van der Waals surface area contributed by atoms with Crippen molar-refractivity contribution in [1.82, 2.24) is 4.98 Å². The lowest BCUT2D eigenvalue weighted by molar-refractivity contribution is -0.116. The zero-order valence-corrected chi connectivity index (χ0v) is 11.5. The number of rotatable bonds is 5. The van der Waals surface area contributed by atoms with Gasteiger partial charge in [-0.1, -0.05) is 36.4 Å². The Morgan fingerprint density at radius 1 is 1.25 bits per heavy atom. The van der Waals surface area contributed by atoms with Crippen LogP contribution in [0.3, 0.4) is 0 Å². The van der Waals surface area contributed by atoms with E-state index in [0.29, 0.717) is 18.7 Å². The van der Waals surface area contributed by atoms with Gasteiger partial charge in [0.1, 0.15) is 5.82 Å². The molecular weight excluding hydrogens is 250 g/mol. The number of anilines is 1. The molecule has 1 amide bonds. The van der Waals surface area contributed by atoms with Crippen LogP contribution in [-0.2, 0) is 4.79 Å². The van der Waals surface area contributed by atoms with Gasteiger partial charge >= 0.3 is 0 Å². The topological polar surface area (TPSA) is 68.0 Å². The maximum Gasteiger partial charge on any atom is 0.225 e. The molecule has 0 aliphatic rings. The van der Waals surface area contributed by atoms with Crippen LogP contribution in [0, 0.1) is 6.92 Å². The van der Waals surface area contributed by atoms with Gasteiger partial charge in [-0.25, -0.2) is 4.98 Å². The molecule has 1 aromatic heterocycles. The molecule has 2 aromatic rings. The molecule has 1 aromatic carbocycles. The van der Waals surface area contributed by atoms with E-state index in [1.165, 1.54) is 0 Å². The first-order chi connectivity index (χ1) is 9.66. The summed E-state index contributed by atoms with van der Waals surface area (Å²) in [6.07, 6.45) is 2.66. The van der Waals surface area contributed by atoms with E-state index in [1.807, 2.05) is 49.4 Å². The SMILES string of the molecule is Cc1cccnc1NC(=O)CCC(N)c1ccccc1. The molecule has 0 aliphatic carbocycles. The van der Waals surface area contributed by atoms with Crippen molar-refractivity contribution in [3.05, 3.63) is 59.8 Å². The van der Waals surface area contributed by atoms with E-state index in [9.17, 15) is 4.79 Å². The average Bonchev–Trinajstić information content (AvgIpc) is 2.48. The Morgan fingerprint density at radius 2 is 2.00 bits per heavy atom. The first kappa shape index (κ1) is 14.2. The number of hydrogen-bond donors (Lipinski definition) is 2. The van der Waals surface area contributed by atoms with Crippen LogP contribution in [-0.4, -0.2) is 10.9 Å². The summed E-state index contributed by atoms with van der Waals surface area (Å²) < 4.78 is 0. The second kappa shape index (κ2) is 6.82. The molecule has 3 N–H and O–H groups in total. The van der Waals surface area contributed by atoms with Crippen LogP contribution in [0.15, 0.2) is 48.7 Å². The minimum Gasteiger partial charge on any atom is -0.324 e. The zero-order chi connectivity index (χ0) is 14.4. The first-order valence-corrected chi connectivity index (χ1v) is 6.69. The molecule has 0 fully saturated rings. The first-order valence-electron chi connectivity index (χ1n) is 6.69. The van der Waals surface area contributed by atoms with E-state index < -0.39 is 0 Å². The number of aryl methyl sites for hydroxylation is 1. The maximum absolute atomic E-state index is 11.9. The van der Waals surface area contributed by atoms with Crippen LogP contribution in [0.4, 0.5) is 5.82 Å². The lowest BCUT2D eigenvalue weighted by Gasteiger charge is -2.12. The van der Waals surface area contributed by atoms with Crippen LogP contribution in [0.25, 0.3) is 0 Å². The summed E-state index contributed by atoms with van der Waals surface area (Å²) >= 11 is 0. The summed E-state index contributed by atoms with van der Waals surface area (Å²) in [4.78, 5) is 16.0. The summed E-state index contributed by atoms with van der Waals surface area (Å²) in [5, 5.41) is 2.81. The third-order valence-corrected chi connectivity index (χ3v) is 3.18. The molecular formula is C16H19N3O. The van der Waals surface area contributed by atoms with Crippen LogP contribution in [0.2, 0.25) is 0 Å². The Bertz CT molecular complexity index is 569. The Morgan fingerprint density at radius 3 is 2.70 bits per heavy atom. The van der Waals surface area contributed by atoms with Crippen molar-refractivity contribution in [1.29, 1.82) is 0 Å². The van der Waals surface area contributed by atoms with Gasteiger partial charge < -0.3 is 11.1 Å². The predicted octanol–water partition coefficient (Wildman–Crippen LogP) is 2.81. The summed E-state index contributed by atoms with van der Waals surface area (Å²) in [6.45, 7) is 1.91. The van der Waals surface area contributed by atoms with Gasteiger partial charge in [0, 0.05) is 18.7 Å². The van der Waals surface area contributed by atoms with Crippen molar-refractivity contribution in [2.75, 3.05) is 5.32 Å². The van der Waals surface area contributed by atoms with Crippen LogP contribution in [0.5, 0.6) is 0 Å². The van der Waals surface area contributed by atoms with Crippen molar-refractivity contribution in [3.63, 3.8) is 0 Å². The number of nitrogens with zero attached hydrogens (tertiary/aromatic N) is 1. The molecule has 0 radical (unpaired) electrons. The number of aromatic nitrogens is 1. The third-order valence-electron chi connectivity index (χ3n) is 3.18. The van der Waals surface area contributed by atoms with Crippen LogP contribution in [0.1, 0.15) is 30.0 Å². The van der Waals surface area contributed by atoms with Gasteiger partial charge in [0.2, 0.25) is 5.91 Å². The van der Waals surface area contributed by atoms with E-state index in [-0.39, 0.29) is 11.9 Å².